The molecule has 0 unspecified atom stereocenters. The van der Waals surface area contributed by atoms with Crippen LogP contribution in [0.25, 0.3) is 22.3 Å². The van der Waals surface area contributed by atoms with Crippen molar-refractivity contribution in [3.63, 3.8) is 0 Å². The van der Waals surface area contributed by atoms with Gasteiger partial charge in [-0.05, 0) is 98.9 Å². The van der Waals surface area contributed by atoms with Crippen LogP contribution in [0.15, 0.2) is 73.1 Å². The van der Waals surface area contributed by atoms with Gasteiger partial charge in [-0.2, -0.15) is 0 Å². The number of nitrogens with two attached hydrogens (primary N) is 1. The van der Waals surface area contributed by atoms with Crippen molar-refractivity contribution in [1.29, 1.82) is 0 Å². The molecule has 4 heterocycles. The zero-order chi connectivity index (χ0) is 32.7. The van der Waals surface area contributed by atoms with Crippen LogP contribution in [0.2, 0.25) is 0 Å². The molecule has 2 aliphatic rings. The smallest absolute Gasteiger partial charge is 0.249 e. The zero-order valence-electron chi connectivity index (χ0n) is 26.8. The third kappa shape index (κ3) is 6.18. The highest BCUT2D eigenvalue weighted by molar-refractivity contribution is 5.97. The van der Waals surface area contributed by atoms with Gasteiger partial charge in [0.25, 0.3) is 0 Å². The number of aryl methyl sites for hydroxylation is 1. The first-order valence-electron chi connectivity index (χ1n) is 16.3. The summed E-state index contributed by atoms with van der Waals surface area (Å²) < 4.78 is 14.6. The molecule has 9 nitrogen and oxygen atoms in total. The molecule has 4 N–H and O–H groups in total. The number of para-hydroxylation sites is 1. The largest absolute Gasteiger partial charge is 0.508 e. The predicted molar refractivity (Wildman–Crippen MR) is 182 cm³/mol. The van der Waals surface area contributed by atoms with Crippen LogP contribution in [0.5, 0.6) is 5.75 Å². The summed E-state index contributed by atoms with van der Waals surface area (Å²) in [6, 6.07) is 17.9. The molecule has 242 valence electrons. The minimum absolute atomic E-state index is 0.0833. The number of piperazine rings is 1. The van der Waals surface area contributed by atoms with Crippen molar-refractivity contribution in [2.75, 3.05) is 51.2 Å². The average molecular weight is 634 g/mol. The number of benzene rings is 3. The number of phenolic OH excluding ortho intramolecular Hbond substituents is 1. The molecule has 1 atom stereocenters. The van der Waals surface area contributed by atoms with Crippen molar-refractivity contribution >= 4 is 22.5 Å². The van der Waals surface area contributed by atoms with Gasteiger partial charge in [0.2, 0.25) is 5.91 Å². The molecule has 3 aromatic carbocycles. The maximum atomic E-state index is 14.6. The summed E-state index contributed by atoms with van der Waals surface area (Å²) in [7, 11) is 2.20. The highest BCUT2D eigenvalue weighted by atomic mass is 19.1. The van der Waals surface area contributed by atoms with Gasteiger partial charge in [-0.25, -0.2) is 14.4 Å². The number of aromatic nitrogens is 3. The van der Waals surface area contributed by atoms with Crippen molar-refractivity contribution in [3.05, 3.63) is 107 Å². The standard InChI is InChI=1S/C37H40FN7O2/c1-23-17-25(37-40-21-28(22-41-37)45-15-13-44(14-16-45)27-9-11-43(2)12-10-27)18-30(36(39)47)34(23)35(29-20-26(38)7-8-33(29)46)32-19-24-5-3-4-6-31(24)42-32/h3-8,17-22,27,35,42,46H,9-16H2,1-2H3,(H2,39,47)/t35-/m1/s1. The number of rotatable bonds is 7. The topological polar surface area (TPSA) is 115 Å². The number of hydrogen-bond donors (Lipinski definition) is 3. The van der Waals surface area contributed by atoms with E-state index in [2.05, 4.69) is 26.7 Å². The highest BCUT2D eigenvalue weighted by Gasteiger charge is 2.30. The Morgan fingerprint density at radius 3 is 2.40 bits per heavy atom. The molecule has 0 radical (unpaired) electrons. The van der Waals surface area contributed by atoms with Gasteiger partial charge in [0.05, 0.1) is 24.0 Å². The van der Waals surface area contributed by atoms with E-state index >= 15 is 0 Å². The molecule has 0 spiro atoms. The number of likely N-dealkylation sites (tertiary alicyclic amines) is 1. The molecule has 0 bridgehead atoms. The Morgan fingerprint density at radius 2 is 1.70 bits per heavy atom. The number of aromatic hydroxyl groups is 1. The molecular weight excluding hydrogens is 593 g/mol. The van der Waals surface area contributed by atoms with E-state index in [4.69, 9.17) is 15.7 Å². The summed E-state index contributed by atoms with van der Waals surface area (Å²) >= 11 is 0. The van der Waals surface area contributed by atoms with E-state index in [0.29, 0.717) is 34.3 Å². The van der Waals surface area contributed by atoms with E-state index in [1.165, 1.54) is 31.0 Å². The summed E-state index contributed by atoms with van der Waals surface area (Å²) in [4.78, 5) is 33.3. The fourth-order valence-electron chi connectivity index (χ4n) is 7.34. The molecule has 2 aromatic heterocycles. The quantitative estimate of drug-likeness (QED) is 0.224. The van der Waals surface area contributed by atoms with Gasteiger partial charge in [0.1, 0.15) is 11.6 Å². The van der Waals surface area contributed by atoms with E-state index < -0.39 is 17.6 Å². The number of nitrogens with zero attached hydrogens (tertiary/aromatic N) is 5. The lowest BCUT2D eigenvalue weighted by molar-refractivity contribution is 0.0999. The molecule has 7 rings (SSSR count). The Balaban J connectivity index is 1.19. The Labute approximate surface area is 273 Å². The minimum Gasteiger partial charge on any atom is -0.508 e. The van der Waals surface area contributed by atoms with E-state index in [1.54, 1.807) is 6.07 Å². The third-order valence-corrected chi connectivity index (χ3v) is 9.88. The fourth-order valence-corrected chi connectivity index (χ4v) is 7.34. The van der Waals surface area contributed by atoms with Crippen molar-refractivity contribution in [2.24, 2.45) is 5.73 Å². The number of fused-ring (bicyclic) bond motifs is 1. The van der Waals surface area contributed by atoms with E-state index in [1.807, 2.05) is 55.7 Å². The normalized spacial score (nSPS) is 17.3. The number of primary amides is 1. The van der Waals surface area contributed by atoms with Crippen LogP contribution in [-0.4, -0.2) is 88.1 Å². The van der Waals surface area contributed by atoms with Gasteiger partial charge in [0, 0.05) is 60.1 Å². The van der Waals surface area contributed by atoms with Crippen LogP contribution < -0.4 is 10.6 Å². The lowest BCUT2D eigenvalue weighted by Crippen LogP contribution is -2.53. The van der Waals surface area contributed by atoms with Crippen LogP contribution in [-0.2, 0) is 0 Å². The number of carbonyl (C=O) groups excluding carboxylic acids is 1. The first-order chi connectivity index (χ1) is 22.7. The Hall–Kier alpha value is -4.80. The van der Waals surface area contributed by atoms with E-state index in [0.717, 1.165) is 61.4 Å². The van der Waals surface area contributed by atoms with Gasteiger partial charge in [0.15, 0.2) is 5.82 Å². The maximum Gasteiger partial charge on any atom is 0.249 e. The van der Waals surface area contributed by atoms with Gasteiger partial charge in [-0.1, -0.05) is 18.2 Å². The van der Waals surface area contributed by atoms with Crippen molar-refractivity contribution in [3.8, 4) is 17.1 Å². The summed E-state index contributed by atoms with van der Waals surface area (Å²) in [5, 5.41) is 11.9. The summed E-state index contributed by atoms with van der Waals surface area (Å²) in [5.41, 5.74) is 11.1. The van der Waals surface area contributed by atoms with Gasteiger partial charge >= 0.3 is 0 Å². The second kappa shape index (κ2) is 12.8. The Kier molecular flexibility index (Phi) is 8.38. The van der Waals surface area contributed by atoms with Crippen molar-refractivity contribution < 1.29 is 14.3 Å². The van der Waals surface area contributed by atoms with Crippen LogP contribution in [0.4, 0.5) is 10.1 Å². The Bertz CT molecular complexity index is 1880. The number of carbonyl (C=O) groups is 1. The second-order valence-electron chi connectivity index (χ2n) is 12.9. The number of halogens is 1. The van der Waals surface area contributed by atoms with Crippen molar-refractivity contribution in [2.45, 2.75) is 31.7 Å². The highest BCUT2D eigenvalue weighted by Crippen LogP contribution is 2.42. The second-order valence-corrected chi connectivity index (χ2v) is 12.9. The summed E-state index contributed by atoms with van der Waals surface area (Å²) in [6.07, 6.45) is 6.15. The van der Waals surface area contributed by atoms with Gasteiger partial charge in [-0.3, -0.25) is 9.69 Å². The number of anilines is 1. The van der Waals surface area contributed by atoms with Crippen LogP contribution in [0.1, 0.15) is 51.5 Å². The lowest BCUT2D eigenvalue weighted by atomic mass is 9.81. The van der Waals surface area contributed by atoms with Crippen LogP contribution in [0, 0.1) is 12.7 Å². The first kappa shape index (κ1) is 30.8. The molecule has 10 heteroatoms. The summed E-state index contributed by atoms with van der Waals surface area (Å²) in [6.45, 7) is 8.11. The van der Waals surface area contributed by atoms with Gasteiger partial charge in [-0.15, -0.1) is 0 Å². The molecule has 2 aliphatic heterocycles. The molecule has 1 amide bonds. The molecule has 5 aromatic rings. The third-order valence-electron chi connectivity index (χ3n) is 9.88. The fraction of sp³-hybridized carbons (Fsp3) is 0.324. The number of H-pyrrole nitrogens is 1. The molecule has 0 aliphatic carbocycles. The number of phenols is 1. The number of aromatic amines is 1. The molecule has 47 heavy (non-hydrogen) atoms. The average Bonchev–Trinajstić information content (AvgIpc) is 3.51. The number of hydrogen-bond acceptors (Lipinski definition) is 7. The predicted octanol–water partition coefficient (Wildman–Crippen LogP) is 5.27. The molecule has 0 saturated carbocycles. The maximum absolute atomic E-state index is 14.6. The van der Waals surface area contributed by atoms with Gasteiger partial charge < -0.3 is 25.6 Å². The summed E-state index contributed by atoms with van der Waals surface area (Å²) in [5.74, 6) is -1.44. The SMILES string of the molecule is Cc1cc(-c2ncc(N3CCN(C4CCN(C)CC4)CC3)cn2)cc(C(N)=O)c1[C@@H](c1cc2ccccc2[nH]1)c1cc(F)ccc1O. The van der Waals surface area contributed by atoms with Crippen LogP contribution >= 0.6 is 0 Å². The number of amides is 1. The lowest BCUT2D eigenvalue weighted by Gasteiger charge is -2.42. The monoisotopic (exact) mass is 633 g/mol. The van der Waals surface area contributed by atoms with E-state index in [-0.39, 0.29) is 11.3 Å². The minimum atomic E-state index is -0.703. The number of piperidine rings is 1. The van der Waals surface area contributed by atoms with Crippen molar-refractivity contribution in [1.82, 2.24) is 24.8 Å². The van der Waals surface area contributed by atoms with E-state index in [9.17, 15) is 14.3 Å². The zero-order valence-corrected chi connectivity index (χ0v) is 26.8. The molecule has 2 fully saturated rings. The number of nitrogens with one attached hydrogen (secondary N) is 1. The molecular formula is C37H40FN7O2. The van der Waals surface area contributed by atoms with Crippen LogP contribution in [0.3, 0.4) is 0 Å². The Morgan fingerprint density at radius 1 is 0.979 bits per heavy atom. The molecule has 2 saturated heterocycles. The first-order valence-corrected chi connectivity index (χ1v) is 16.3.